The number of rotatable bonds is 7. The van der Waals surface area contributed by atoms with Gasteiger partial charge in [-0.25, -0.2) is 8.78 Å². The Kier molecular flexibility index (Phi) is 6.52. The summed E-state index contributed by atoms with van der Waals surface area (Å²) in [5.41, 5.74) is -0.0471. The molecule has 28 heavy (non-hydrogen) atoms. The van der Waals surface area contributed by atoms with Crippen LogP contribution in [0.5, 0.6) is 11.5 Å². The molecule has 0 aliphatic carbocycles. The minimum Gasteiger partial charge on any atom is -0.459 e. The largest absolute Gasteiger partial charge is 0.459 e. The van der Waals surface area contributed by atoms with Gasteiger partial charge in [0.1, 0.15) is 5.75 Å². The second-order valence-electron chi connectivity index (χ2n) is 5.60. The molecule has 0 amide bonds. The summed E-state index contributed by atoms with van der Waals surface area (Å²) < 4.78 is 100. The zero-order valence-corrected chi connectivity index (χ0v) is 14.4. The van der Waals surface area contributed by atoms with Crippen LogP contribution in [0, 0.1) is 11.6 Å². The highest BCUT2D eigenvalue weighted by atomic mass is 19.4. The van der Waals surface area contributed by atoms with Crippen LogP contribution < -0.4 is 9.47 Å². The third-order valence-corrected chi connectivity index (χ3v) is 3.32. The van der Waals surface area contributed by atoms with E-state index in [9.17, 15) is 30.7 Å². The molecule has 1 heterocycles. The monoisotopic (exact) mass is 409 g/mol. The number of allylic oxidation sites excluding steroid dienone is 1. The van der Waals surface area contributed by atoms with E-state index in [0.29, 0.717) is 18.6 Å². The van der Waals surface area contributed by atoms with Gasteiger partial charge in [-0.2, -0.15) is 22.0 Å². The highest BCUT2D eigenvalue weighted by Crippen LogP contribution is 2.34. The lowest BCUT2D eigenvalue weighted by molar-refractivity contribution is -0.188. The molecule has 3 nitrogen and oxygen atoms in total. The fourth-order valence-electron chi connectivity index (χ4n) is 2.12. The van der Waals surface area contributed by atoms with Gasteiger partial charge in [0.15, 0.2) is 23.1 Å². The van der Waals surface area contributed by atoms with E-state index >= 15 is 0 Å². The average molecular weight is 409 g/mol. The van der Waals surface area contributed by atoms with Crippen LogP contribution >= 0.6 is 0 Å². The molecule has 0 unspecified atom stereocenters. The molecule has 0 atom stereocenters. The number of aromatic nitrogens is 1. The molecule has 0 fully saturated rings. The lowest BCUT2D eigenvalue weighted by Gasteiger charge is -2.18. The molecule has 0 aliphatic heterocycles. The van der Waals surface area contributed by atoms with Crippen LogP contribution in [0.15, 0.2) is 42.8 Å². The van der Waals surface area contributed by atoms with Gasteiger partial charge in [-0.05, 0) is 18.1 Å². The lowest BCUT2D eigenvalue weighted by Crippen LogP contribution is -2.23. The summed E-state index contributed by atoms with van der Waals surface area (Å²) in [6.07, 6.45) is -6.45. The Bertz CT molecular complexity index is 810. The number of alkyl halides is 5. The molecule has 2 rings (SSSR count). The molecule has 0 spiro atoms. The smallest absolute Gasteiger partial charge is 0.444 e. The minimum absolute atomic E-state index is 0.0262. The lowest BCUT2D eigenvalue weighted by atomic mass is 10.1. The van der Waals surface area contributed by atoms with Gasteiger partial charge >= 0.3 is 12.3 Å². The normalized spacial score (nSPS) is 12.4. The van der Waals surface area contributed by atoms with Crippen LogP contribution in [-0.4, -0.2) is 11.2 Å². The van der Waals surface area contributed by atoms with Crippen molar-refractivity contribution >= 4 is 0 Å². The highest BCUT2D eigenvalue weighted by molar-refractivity contribution is 5.36. The van der Waals surface area contributed by atoms with Gasteiger partial charge in [-0.1, -0.05) is 19.4 Å². The second-order valence-corrected chi connectivity index (χ2v) is 5.60. The summed E-state index contributed by atoms with van der Waals surface area (Å²) in [5.74, 6) is -5.14. The van der Waals surface area contributed by atoms with Crippen molar-refractivity contribution in [1.82, 2.24) is 4.98 Å². The van der Waals surface area contributed by atoms with Crippen LogP contribution in [-0.2, 0) is 12.5 Å². The zero-order valence-electron chi connectivity index (χ0n) is 14.4. The van der Waals surface area contributed by atoms with Crippen LogP contribution in [0.2, 0.25) is 0 Å². The van der Waals surface area contributed by atoms with Crippen molar-refractivity contribution < 1.29 is 40.2 Å². The number of aryl methyl sites for hydroxylation is 1. The summed E-state index contributed by atoms with van der Waals surface area (Å²) in [6.45, 7) is 1.90. The van der Waals surface area contributed by atoms with E-state index in [1.54, 1.807) is 0 Å². The summed E-state index contributed by atoms with van der Waals surface area (Å²) in [6, 6.07) is 3.17. The Morgan fingerprint density at radius 1 is 1.04 bits per heavy atom. The Balaban J connectivity index is 2.18. The fraction of sp³-hybridized carbons (Fsp3) is 0.278. The third-order valence-electron chi connectivity index (χ3n) is 3.32. The molecule has 1 aromatic carbocycles. The van der Waals surface area contributed by atoms with Crippen molar-refractivity contribution in [2.75, 3.05) is 0 Å². The van der Waals surface area contributed by atoms with E-state index in [4.69, 9.17) is 0 Å². The van der Waals surface area contributed by atoms with Crippen molar-refractivity contribution in [3.05, 3.63) is 65.7 Å². The van der Waals surface area contributed by atoms with E-state index in [-0.39, 0.29) is 6.26 Å². The zero-order chi connectivity index (χ0) is 20.9. The van der Waals surface area contributed by atoms with E-state index in [1.807, 2.05) is 6.92 Å². The van der Waals surface area contributed by atoms with Crippen LogP contribution in [0.4, 0.5) is 30.7 Å². The molecule has 0 aliphatic rings. The molecule has 0 N–H and O–H groups in total. The summed E-state index contributed by atoms with van der Waals surface area (Å²) >= 11 is 0. The molecule has 152 valence electrons. The number of nitrogens with zero attached hydrogens (tertiary/aromatic N) is 1. The minimum atomic E-state index is -4.75. The number of benzene rings is 1. The molecule has 0 radical (unpaired) electrons. The molecule has 0 bridgehead atoms. The first-order valence-corrected chi connectivity index (χ1v) is 7.94. The Morgan fingerprint density at radius 3 is 2.18 bits per heavy atom. The van der Waals surface area contributed by atoms with Crippen LogP contribution in [0.1, 0.15) is 24.6 Å². The van der Waals surface area contributed by atoms with E-state index in [2.05, 4.69) is 14.5 Å². The van der Waals surface area contributed by atoms with Crippen LogP contribution in [0.25, 0.3) is 0 Å². The van der Waals surface area contributed by atoms with Crippen molar-refractivity contribution in [3.8, 4) is 11.5 Å². The fourth-order valence-corrected chi connectivity index (χ4v) is 2.12. The molecule has 0 saturated heterocycles. The Hall–Kier alpha value is -2.78. The van der Waals surface area contributed by atoms with Crippen molar-refractivity contribution in [1.29, 1.82) is 0 Å². The van der Waals surface area contributed by atoms with Crippen LogP contribution in [0.3, 0.4) is 0 Å². The number of hydrogen-bond donors (Lipinski definition) is 0. The van der Waals surface area contributed by atoms with Crippen molar-refractivity contribution in [3.63, 3.8) is 0 Å². The summed E-state index contributed by atoms with van der Waals surface area (Å²) in [4.78, 5) is 3.59. The maximum atomic E-state index is 14.2. The first-order chi connectivity index (χ1) is 13.0. The quantitative estimate of drug-likeness (QED) is 0.422. The predicted octanol–water partition coefficient (Wildman–Crippen LogP) is 5.90. The van der Waals surface area contributed by atoms with E-state index < -0.39 is 47.2 Å². The first-order valence-electron chi connectivity index (χ1n) is 7.94. The van der Waals surface area contributed by atoms with Gasteiger partial charge in [0.25, 0.3) is 0 Å². The summed E-state index contributed by atoms with van der Waals surface area (Å²) in [5, 5.41) is 0. The van der Waals surface area contributed by atoms with E-state index in [0.717, 1.165) is 18.1 Å². The van der Waals surface area contributed by atoms with Gasteiger partial charge in [-0.15, -0.1) is 0 Å². The SMILES string of the molecule is CCCc1ccc(C(F)(F)Oc2cc(F)c(O/C=C/C(F)(F)F)c(F)c2)nc1. The van der Waals surface area contributed by atoms with Gasteiger partial charge in [0.05, 0.1) is 12.3 Å². The third kappa shape index (κ3) is 5.86. The average Bonchev–Trinajstić information content (AvgIpc) is 2.57. The predicted molar refractivity (Wildman–Crippen MR) is 84.9 cm³/mol. The van der Waals surface area contributed by atoms with Crippen molar-refractivity contribution in [2.24, 2.45) is 0 Å². The van der Waals surface area contributed by atoms with Gasteiger partial charge in [0, 0.05) is 18.3 Å². The maximum absolute atomic E-state index is 14.2. The first kappa shape index (κ1) is 21.5. The van der Waals surface area contributed by atoms with Crippen molar-refractivity contribution in [2.45, 2.75) is 32.1 Å². The molecule has 2 aromatic rings. The molecule has 1 aromatic heterocycles. The topological polar surface area (TPSA) is 31.4 Å². The summed E-state index contributed by atoms with van der Waals surface area (Å²) in [7, 11) is 0. The van der Waals surface area contributed by atoms with Gasteiger partial charge < -0.3 is 9.47 Å². The number of halogens is 7. The number of pyridine rings is 1. The molecule has 10 heteroatoms. The molecular weight excluding hydrogens is 395 g/mol. The van der Waals surface area contributed by atoms with Gasteiger partial charge in [-0.3, -0.25) is 4.98 Å². The Morgan fingerprint density at radius 2 is 1.68 bits per heavy atom. The molecule has 0 saturated carbocycles. The standard InChI is InChI=1S/C18H14F7NO2/c1-2-3-11-4-5-15(26-10-11)18(24,25)28-12-8-13(19)16(14(20)9-12)27-7-6-17(21,22)23/h4-10H,2-3H2,1H3/b7-6+. The Labute approximate surface area is 155 Å². The van der Waals surface area contributed by atoms with Gasteiger partial charge in [0.2, 0.25) is 0 Å². The number of hydrogen-bond acceptors (Lipinski definition) is 3. The maximum Gasteiger partial charge on any atom is 0.444 e. The second kappa shape index (κ2) is 8.49. The molecular formula is C18H14F7NO2. The van der Waals surface area contributed by atoms with E-state index in [1.165, 1.54) is 12.3 Å². The highest BCUT2D eigenvalue weighted by Gasteiger charge is 2.37. The number of ether oxygens (including phenoxy) is 2.